The summed E-state index contributed by atoms with van der Waals surface area (Å²) in [5, 5.41) is 8.00. The van der Waals surface area contributed by atoms with Crippen molar-refractivity contribution in [1.29, 1.82) is 0 Å². The lowest BCUT2D eigenvalue weighted by Gasteiger charge is -2.31. The molecule has 0 bridgehead atoms. The minimum absolute atomic E-state index is 0.0214. The maximum absolute atomic E-state index is 11.8. The van der Waals surface area contributed by atoms with Gasteiger partial charge in [-0.15, -0.1) is 0 Å². The number of likely N-dealkylation sites (tertiary alicyclic amines) is 1. The number of urea groups is 1. The smallest absolute Gasteiger partial charge is 0.409 e. The maximum atomic E-state index is 11.8. The molecule has 4 amide bonds. The number of piperidine rings is 1. The molecule has 8 heteroatoms. The van der Waals surface area contributed by atoms with E-state index >= 15 is 0 Å². The number of hydrogen-bond donors (Lipinski definition) is 3. The topological polar surface area (TPSA) is 99.8 Å². The highest BCUT2D eigenvalue weighted by atomic mass is 16.6. The fraction of sp³-hybridized carbons (Fsp3) is 0.786. The van der Waals surface area contributed by atoms with Crippen molar-refractivity contribution in [1.82, 2.24) is 20.9 Å². The van der Waals surface area contributed by atoms with Crippen molar-refractivity contribution in [2.75, 3.05) is 26.2 Å². The molecule has 0 radical (unpaired) electrons. The Kier molecular flexibility index (Phi) is 7.48. The lowest BCUT2D eigenvalue weighted by Crippen LogP contribution is -2.50. The molecular formula is C14H26N4O4. The van der Waals surface area contributed by atoms with E-state index in [-0.39, 0.29) is 36.7 Å². The van der Waals surface area contributed by atoms with Crippen molar-refractivity contribution < 1.29 is 19.1 Å². The van der Waals surface area contributed by atoms with Gasteiger partial charge in [-0.1, -0.05) is 0 Å². The number of nitrogens with one attached hydrogen (secondary N) is 3. The number of amides is 4. The molecule has 0 aliphatic carbocycles. The molecule has 0 aromatic carbocycles. The van der Waals surface area contributed by atoms with E-state index in [1.807, 2.05) is 13.8 Å². The van der Waals surface area contributed by atoms with Gasteiger partial charge in [0, 0.05) is 25.2 Å². The van der Waals surface area contributed by atoms with Gasteiger partial charge < -0.3 is 25.6 Å². The number of carbonyl (C=O) groups is 3. The minimum atomic E-state index is -0.359. The van der Waals surface area contributed by atoms with E-state index in [2.05, 4.69) is 16.0 Å². The van der Waals surface area contributed by atoms with Crippen molar-refractivity contribution in [2.24, 2.45) is 0 Å². The number of rotatable bonds is 5. The summed E-state index contributed by atoms with van der Waals surface area (Å²) >= 11 is 0. The molecule has 1 aliphatic heterocycles. The van der Waals surface area contributed by atoms with Crippen LogP contribution in [-0.2, 0) is 9.53 Å². The number of carbonyl (C=O) groups excluding carboxylic acids is 3. The SMILES string of the molecule is CCOC(=O)N1CCC(NC(=O)CNC(=O)NC(C)C)CC1. The largest absolute Gasteiger partial charge is 0.450 e. The molecule has 0 aromatic rings. The Morgan fingerprint density at radius 1 is 1.23 bits per heavy atom. The number of hydrogen-bond acceptors (Lipinski definition) is 4. The van der Waals surface area contributed by atoms with Crippen molar-refractivity contribution in [3.8, 4) is 0 Å². The Labute approximate surface area is 130 Å². The van der Waals surface area contributed by atoms with Crippen LogP contribution >= 0.6 is 0 Å². The second-order valence-electron chi connectivity index (χ2n) is 5.51. The monoisotopic (exact) mass is 314 g/mol. The molecule has 0 spiro atoms. The third-order valence-corrected chi connectivity index (χ3v) is 3.22. The van der Waals surface area contributed by atoms with Gasteiger partial charge in [-0.25, -0.2) is 9.59 Å². The molecule has 126 valence electrons. The summed E-state index contributed by atoms with van der Waals surface area (Å²) in [7, 11) is 0. The molecule has 1 heterocycles. The van der Waals surface area contributed by atoms with Crippen LogP contribution in [0.4, 0.5) is 9.59 Å². The zero-order valence-corrected chi connectivity index (χ0v) is 13.5. The maximum Gasteiger partial charge on any atom is 0.409 e. The predicted molar refractivity (Wildman–Crippen MR) is 81.4 cm³/mol. The van der Waals surface area contributed by atoms with Crippen LogP contribution in [-0.4, -0.2) is 61.3 Å². The first-order valence-corrected chi connectivity index (χ1v) is 7.67. The zero-order chi connectivity index (χ0) is 16.5. The van der Waals surface area contributed by atoms with Gasteiger partial charge in [-0.05, 0) is 33.6 Å². The van der Waals surface area contributed by atoms with E-state index in [0.717, 1.165) is 0 Å². The highest BCUT2D eigenvalue weighted by Gasteiger charge is 2.24. The van der Waals surface area contributed by atoms with E-state index in [1.165, 1.54) is 0 Å². The normalized spacial score (nSPS) is 15.4. The molecular weight excluding hydrogens is 288 g/mol. The molecule has 1 fully saturated rings. The predicted octanol–water partition coefficient (Wildman–Crippen LogP) is 0.431. The molecule has 0 atom stereocenters. The van der Waals surface area contributed by atoms with Crippen LogP contribution in [0.3, 0.4) is 0 Å². The van der Waals surface area contributed by atoms with Gasteiger partial charge >= 0.3 is 12.1 Å². The van der Waals surface area contributed by atoms with Gasteiger partial charge in [0.05, 0.1) is 13.2 Å². The van der Waals surface area contributed by atoms with Gasteiger partial charge in [-0.3, -0.25) is 4.79 Å². The third kappa shape index (κ3) is 6.64. The first-order chi connectivity index (χ1) is 10.4. The van der Waals surface area contributed by atoms with Crippen molar-refractivity contribution in [3.63, 3.8) is 0 Å². The van der Waals surface area contributed by atoms with Crippen LogP contribution < -0.4 is 16.0 Å². The number of nitrogens with zero attached hydrogens (tertiary/aromatic N) is 1. The molecule has 8 nitrogen and oxygen atoms in total. The van der Waals surface area contributed by atoms with Crippen LogP contribution in [0.2, 0.25) is 0 Å². The molecule has 0 unspecified atom stereocenters. The zero-order valence-electron chi connectivity index (χ0n) is 13.5. The van der Waals surface area contributed by atoms with Gasteiger partial charge in [-0.2, -0.15) is 0 Å². The van der Waals surface area contributed by atoms with Crippen LogP contribution in [0.25, 0.3) is 0 Å². The van der Waals surface area contributed by atoms with E-state index in [1.54, 1.807) is 11.8 Å². The van der Waals surface area contributed by atoms with Gasteiger partial charge in [0.15, 0.2) is 0 Å². The Hall–Kier alpha value is -1.99. The van der Waals surface area contributed by atoms with Gasteiger partial charge in [0.1, 0.15) is 0 Å². The summed E-state index contributed by atoms with van der Waals surface area (Å²) < 4.78 is 4.94. The van der Waals surface area contributed by atoms with Crippen molar-refractivity contribution in [3.05, 3.63) is 0 Å². The van der Waals surface area contributed by atoms with Crippen LogP contribution in [0, 0.1) is 0 Å². The fourth-order valence-corrected chi connectivity index (χ4v) is 2.17. The average Bonchev–Trinajstić information content (AvgIpc) is 2.45. The Morgan fingerprint density at radius 2 is 1.86 bits per heavy atom. The summed E-state index contributed by atoms with van der Waals surface area (Å²) in [5.41, 5.74) is 0. The van der Waals surface area contributed by atoms with Crippen molar-refractivity contribution in [2.45, 2.75) is 45.7 Å². The average molecular weight is 314 g/mol. The van der Waals surface area contributed by atoms with Crippen LogP contribution in [0.5, 0.6) is 0 Å². The summed E-state index contributed by atoms with van der Waals surface area (Å²) in [5.74, 6) is -0.228. The van der Waals surface area contributed by atoms with E-state index < -0.39 is 0 Å². The highest BCUT2D eigenvalue weighted by Crippen LogP contribution is 2.11. The first kappa shape index (κ1) is 18.1. The minimum Gasteiger partial charge on any atom is -0.450 e. The van der Waals surface area contributed by atoms with Crippen molar-refractivity contribution >= 4 is 18.0 Å². The first-order valence-electron chi connectivity index (χ1n) is 7.67. The molecule has 0 saturated carbocycles. The molecule has 3 N–H and O–H groups in total. The lowest BCUT2D eigenvalue weighted by molar-refractivity contribution is -0.121. The summed E-state index contributed by atoms with van der Waals surface area (Å²) in [6, 6.07) is -0.314. The third-order valence-electron chi connectivity index (χ3n) is 3.22. The summed E-state index contributed by atoms with van der Waals surface area (Å²) in [4.78, 5) is 36.3. The number of ether oxygens (including phenoxy) is 1. The highest BCUT2D eigenvalue weighted by molar-refractivity contribution is 5.84. The van der Waals surface area contributed by atoms with E-state index in [9.17, 15) is 14.4 Å². The Bertz CT molecular complexity index is 392. The second kappa shape index (κ2) is 9.11. The molecule has 1 aliphatic rings. The van der Waals surface area contributed by atoms with E-state index in [4.69, 9.17) is 4.74 Å². The second-order valence-corrected chi connectivity index (χ2v) is 5.51. The molecule has 22 heavy (non-hydrogen) atoms. The summed E-state index contributed by atoms with van der Waals surface area (Å²) in [6.45, 7) is 6.88. The van der Waals surface area contributed by atoms with Crippen LogP contribution in [0.15, 0.2) is 0 Å². The molecule has 0 aromatic heterocycles. The van der Waals surface area contributed by atoms with E-state index in [0.29, 0.717) is 32.5 Å². The fourth-order valence-electron chi connectivity index (χ4n) is 2.17. The standard InChI is InChI=1S/C14H26N4O4/c1-4-22-14(21)18-7-5-11(6-8-18)17-12(19)9-15-13(20)16-10(2)3/h10-11H,4-9H2,1-3H3,(H,17,19)(H2,15,16,20). The quantitative estimate of drug-likeness (QED) is 0.685. The summed E-state index contributed by atoms with van der Waals surface area (Å²) in [6.07, 6.45) is 1.06. The molecule has 1 rings (SSSR count). The lowest BCUT2D eigenvalue weighted by atomic mass is 10.1. The van der Waals surface area contributed by atoms with Gasteiger partial charge in [0.2, 0.25) is 5.91 Å². The van der Waals surface area contributed by atoms with Gasteiger partial charge in [0.25, 0.3) is 0 Å². The molecule has 1 saturated heterocycles. The Morgan fingerprint density at radius 3 is 2.41 bits per heavy atom. The van der Waals surface area contributed by atoms with Crippen LogP contribution in [0.1, 0.15) is 33.6 Å². The Balaban J connectivity index is 2.22.